The van der Waals surface area contributed by atoms with Gasteiger partial charge in [0.25, 0.3) is 0 Å². The maximum atomic E-state index is 12.6. The zero-order chi connectivity index (χ0) is 17.4. The van der Waals surface area contributed by atoms with E-state index < -0.39 is 12.5 Å². The van der Waals surface area contributed by atoms with Crippen LogP contribution in [0.15, 0.2) is 36.5 Å². The maximum Gasteiger partial charge on any atom is 0.242 e. The molecule has 1 unspecified atom stereocenters. The number of carbonyl (C=O) groups is 2. The molecule has 0 bridgehead atoms. The van der Waals surface area contributed by atoms with Gasteiger partial charge < -0.3 is 0 Å². The van der Waals surface area contributed by atoms with Crippen LogP contribution in [0.3, 0.4) is 0 Å². The summed E-state index contributed by atoms with van der Waals surface area (Å²) in [6, 6.07) is 7.95. The smallest absolute Gasteiger partial charge is 0.242 e. The second-order valence-electron chi connectivity index (χ2n) is 5.82. The number of alkyl halides is 2. The number of rotatable bonds is 3. The average molecular weight is 330 g/mol. The van der Waals surface area contributed by atoms with Crippen LogP contribution in [0.5, 0.6) is 0 Å². The molecule has 3 rings (SSSR count). The Labute approximate surface area is 138 Å². The predicted octanol–water partition coefficient (Wildman–Crippen LogP) is 3.49. The van der Waals surface area contributed by atoms with Gasteiger partial charge in [0.15, 0.2) is 0 Å². The molecule has 124 valence electrons. The normalized spacial score (nSPS) is 16.6. The lowest BCUT2D eigenvalue weighted by Crippen LogP contribution is -2.36. The largest absolute Gasteiger partial charge is 0.300 e. The molecule has 24 heavy (non-hydrogen) atoms. The molecule has 0 saturated carbocycles. The lowest BCUT2D eigenvalue weighted by atomic mass is 10.0. The second-order valence-corrected chi connectivity index (χ2v) is 5.82. The van der Waals surface area contributed by atoms with E-state index in [0.29, 0.717) is 16.8 Å². The molecule has 1 aliphatic heterocycles. The highest BCUT2D eigenvalue weighted by Gasteiger charge is 2.37. The molecule has 0 spiro atoms. The molecule has 1 atom stereocenters. The molecule has 1 amide bonds. The number of hydrogen-bond donors (Lipinski definition) is 0. The zero-order valence-corrected chi connectivity index (χ0v) is 13.3. The summed E-state index contributed by atoms with van der Waals surface area (Å²) < 4.78 is 25.1. The van der Waals surface area contributed by atoms with Crippen molar-refractivity contribution in [1.29, 1.82) is 0 Å². The Kier molecular flexibility index (Phi) is 4.13. The lowest BCUT2D eigenvalue weighted by molar-refractivity contribution is -0.116. The SMILES string of the molecule is CC(=O)N1c2cc(-c3cccc(CC(F)F)c3)cnc2C(=O)C1C. The standard InChI is InChI=1S/C18H16F2N2O2/c1-10-18(24)17-15(22(10)11(2)23)8-14(9-21-17)13-5-3-4-12(6-13)7-16(19)20/h3-6,8-10,16H,7H2,1-2H3. The number of nitrogens with zero attached hydrogens (tertiary/aromatic N) is 2. The summed E-state index contributed by atoms with van der Waals surface area (Å²) in [5.41, 5.74) is 2.66. The Morgan fingerprint density at radius 2 is 2.04 bits per heavy atom. The van der Waals surface area contributed by atoms with Crippen molar-refractivity contribution in [1.82, 2.24) is 4.98 Å². The Hall–Kier alpha value is -2.63. The minimum atomic E-state index is -2.41. The fourth-order valence-corrected chi connectivity index (χ4v) is 3.01. The summed E-state index contributed by atoms with van der Waals surface area (Å²) in [7, 11) is 0. The van der Waals surface area contributed by atoms with Gasteiger partial charge in [-0.05, 0) is 24.1 Å². The van der Waals surface area contributed by atoms with E-state index in [1.165, 1.54) is 18.0 Å². The Morgan fingerprint density at radius 3 is 2.71 bits per heavy atom. The van der Waals surface area contributed by atoms with Crippen molar-refractivity contribution in [2.75, 3.05) is 4.90 Å². The summed E-state index contributed by atoms with van der Waals surface area (Å²) in [5, 5.41) is 0. The van der Waals surface area contributed by atoms with Gasteiger partial charge in [0.2, 0.25) is 18.1 Å². The van der Waals surface area contributed by atoms with Gasteiger partial charge >= 0.3 is 0 Å². The van der Waals surface area contributed by atoms with Gasteiger partial charge in [-0.25, -0.2) is 8.78 Å². The van der Waals surface area contributed by atoms with Crippen molar-refractivity contribution >= 4 is 17.4 Å². The Bertz CT molecular complexity index is 820. The first kappa shape index (κ1) is 16.2. The topological polar surface area (TPSA) is 50.3 Å². The number of ketones is 1. The first-order valence-electron chi connectivity index (χ1n) is 7.60. The number of hydrogen-bond acceptors (Lipinski definition) is 3. The van der Waals surface area contributed by atoms with Crippen LogP contribution >= 0.6 is 0 Å². The number of benzene rings is 1. The molecule has 0 aliphatic carbocycles. The summed E-state index contributed by atoms with van der Waals surface area (Å²) in [5.74, 6) is -0.432. The third-order valence-corrected chi connectivity index (χ3v) is 4.12. The van der Waals surface area contributed by atoms with Gasteiger partial charge in [0.1, 0.15) is 5.69 Å². The quantitative estimate of drug-likeness (QED) is 0.865. The average Bonchev–Trinajstić information content (AvgIpc) is 2.78. The number of amides is 1. The number of halogens is 2. The van der Waals surface area contributed by atoms with Crippen molar-refractivity contribution in [2.45, 2.75) is 32.7 Å². The van der Waals surface area contributed by atoms with Gasteiger partial charge in [-0.1, -0.05) is 24.3 Å². The van der Waals surface area contributed by atoms with Crippen LogP contribution < -0.4 is 4.90 Å². The van der Waals surface area contributed by atoms with E-state index in [1.807, 2.05) is 0 Å². The van der Waals surface area contributed by atoms with Crippen LogP contribution in [-0.4, -0.2) is 29.1 Å². The molecule has 0 N–H and O–H groups in total. The number of fused-ring (bicyclic) bond motifs is 1. The summed E-state index contributed by atoms with van der Waals surface area (Å²) in [6.45, 7) is 3.06. The van der Waals surface area contributed by atoms with Crippen molar-refractivity contribution < 1.29 is 18.4 Å². The van der Waals surface area contributed by atoms with E-state index in [9.17, 15) is 18.4 Å². The molecule has 0 fully saturated rings. The molecular weight excluding hydrogens is 314 g/mol. The van der Waals surface area contributed by atoms with Gasteiger partial charge in [0, 0.05) is 25.1 Å². The molecule has 1 aliphatic rings. The fourth-order valence-electron chi connectivity index (χ4n) is 3.01. The third-order valence-electron chi connectivity index (χ3n) is 4.12. The minimum Gasteiger partial charge on any atom is -0.300 e. The number of Topliss-reactive ketones (excluding diaryl/α,β-unsaturated/α-hetero) is 1. The molecule has 2 aromatic rings. The third kappa shape index (κ3) is 2.79. The molecule has 0 radical (unpaired) electrons. The highest BCUT2D eigenvalue weighted by Crippen LogP contribution is 2.34. The highest BCUT2D eigenvalue weighted by atomic mass is 19.3. The van der Waals surface area contributed by atoms with E-state index in [0.717, 1.165) is 5.56 Å². The molecule has 0 saturated heterocycles. The van der Waals surface area contributed by atoms with Crippen molar-refractivity contribution in [3.8, 4) is 11.1 Å². The molecule has 1 aromatic heterocycles. The van der Waals surface area contributed by atoms with Crippen LogP contribution in [0.1, 0.15) is 29.9 Å². The van der Waals surface area contributed by atoms with Crippen molar-refractivity contribution in [3.63, 3.8) is 0 Å². The van der Waals surface area contributed by atoms with Gasteiger partial charge in [-0.3, -0.25) is 19.5 Å². The monoisotopic (exact) mass is 330 g/mol. The summed E-state index contributed by atoms with van der Waals surface area (Å²) >= 11 is 0. The van der Waals surface area contributed by atoms with Crippen LogP contribution in [0, 0.1) is 0 Å². The van der Waals surface area contributed by atoms with Crippen molar-refractivity contribution in [3.05, 3.63) is 47.8 Å². The molecule has 6 heteroatoms. The number of anilines is 1. The number of aromatic nitrogens is 1. The lowest BCUT2D eigenvalue weighted by Gasteiger charge is -2.19. The first-order chi connectivity index (χ1) is 11.4. The van der Waals surface area contributed by atoms with Gasteiger partial charge in [0.05, 0.1) is 11.7 Å². The number of pyridine rings is 1. The van der Waals surface area contributed by atoms with Crippen LogP contribution in [0.2, 0.25) is 0 Å². The van der Waals surface area contributed by atoms with Gasteiger partial charge in [-0.15, -0.1) is 0 Å². The summed E-state index contributed by atoms with van der Waals surface area (Å²) in [4.78, 5) is 29.7. The zero-order valence-electron chi connectivity index (χ0n) is 13.3. The summed E-state index contributed by atoms with van der Waals surface area (Å²) in [6.07, 6.45) is -1.19. The van der Waals surface area contributed by atoms with E-state index in [-0.39, 0.29) is 23.8 Å². The van der Waals surface area contributed by atoms with Crippen LogP contribution in [-0.2, 0) is 11.2 Å². The molecule has 4 nitrogen and oxygen atoms in total. The van der Waals surface area contributed by atoms with E-state index in [4.69, 9.17) is 0 Å². The van der Waals surface area contributed by atoms with E-state index >= 15 is 0 Å². The van der Waals surface area contributed by atoms with Crippen molar-refractivity contribution in [2.24, 2.45) is 0 Å². The molecule has 2 heterocycles. The minimum absolute atomic E-state index is 0.196. The highest BCUT2D eigenvalue weighted by molar-refractivity contribution is 6.16. The maximum absolute atomic E-state index is 12.6. The first-order valence-corrected chi connectivity index (χ1v) is 7.60. The Morgan fingerprint density at radius 1 is 1.29 bits per heavy atom. The number of carbonyl (C=O) groups excluding carboxylic acids is 2. The van der Waals surface area contributed by atoms with E-state index in [2.05, 4.69) is 4.98 Å². The van der Waals surface area contributed by atoms with Crippen LogP contribution in [0.4, 0.5) is 14.5 Å². The Balaban J connectivity index is 2.04. The molecular formula is C18H16F2N2O2. The fraction of sp³-hybridized carbons (Fsp3) is 0.278. The van der Waals surface area contributed by atoms with Crippen LogP contribution in [0.25, 0.3) is 11.1 Å². The second kappa shape index (κ2) is 6.11. The van der Waals surface area contributed by atoms with Gasteiger partial charge in [-0.2, -0.15) is 0 Å². The van der Waals surface area contributed by atoms with E-state index in [1.54, 1.807) is 37.3 Å². The predicted molar refractivity (Wildman–Crippen MR) is 86.3 cm³/mol. The molecule has 1 aromatic carbocycles.